The third kappa shape index (κ3) is 2.56. The molecule has 106 valence electrons. The summed E-state index contributed by atoms with van der Waals surface area (Å²) in [6.07, 6.45) is 2.12. The summed E-state index contributed by atoms with van der Waals surface area (Å²) in [5.41, 5.74) is 1.38. The fourth-order valence-corrected chi connectivity index (χ4v) is 1.98. The minimum atomic E-state index is -1.17. The van der Waals surface area contributed by atoms with E-state index in [9.17, 15) is 9.90 Å². The number of aliphatic hydroxyl groups excluding tert-OH is 1. The lowest BCUT2D eigenvalue weighted by atomic mass is 10.1. The van der Waals surface area contributed by atoms with Gasteiger partial charge in [-0.1, -0.05) is 18.2 Å². The molecule has 0 aliphatic heterocycles. The van der Waals surface area contributed by atoms with Gasteiger partial charge in [0.25, 0.3) is 0 Å². The van der Waals surface area contributed by atoms with Crippen LogP contribution in [0, 0.1) is 0 Å². The summed E-state index contributed by atoms with van der Waals surface area (Å²) < 4.78 is 6.71. The molecule has 0 aliphatic rings. The van der Waals surface area contributed by atoms with Crippen molar-refractivity contribution in [2.24, 2.45) is 0 Å². The second kappa shape index (κ2) is 5.26. The Morgan fingerprint density at radius 3 is 2.62 bits per heavy atom. The Labute approximate surface area is 119 Å². The first-order chi connectivity index (χ1) is 10.1. The number of nitrogens with zero attached hydrogens (tertiary/aromatic N) is 2. The Kier molecular flexibility index (Phi) is 3.29. The van der Waals surface area contributed by atoms with E-state index in [1.165, 1.54) is 18.3 Å². The molecule has 2 heterocycles. The average molecular weight is 284 g/mol. The molecule has 2 aromatic heterocycles. The van der Waals surface area contributed by atoms with E-state index in [0.717, 1.165) is 5.69 Å². The molecule has 6 heteroatoms. The second-order valence-corrected chi connectivity index (χ2v) is 4.46. The first-order valence-electron chi connectivity index (χ1n) is 6.26. The molecular weight excluding hydrogens is 272 g/mol. The van der Waals surface area contributed by atoms with Crippen molar-refractivity contribution in [2.45, 2.75) is 6.10 Å². The summed E-state index contributed by atoms with van der Waals surface area (Å²) in [5.74, 6) is -1.21. The number of hydrogen-bond acceptors (Lipinski definition) is 4. The third-order valence-electron chi connectivity index (χ3n) is 3.05. The number of aliphatic hydroxyl groups is 1. The van der Waals surface area contributed by atoms with E-state index in [1.807, 2.05) is 30.3 Å². The normalized spacial score (nSPS) is 12.2. The van der Waals surface area contributed by atoms with Crippen molar-refractivity contribution in [3.8, 4) is 5.69 Å². The van der Waals surface area contributed by atoms with Crippen molar-refractivity contribution >= 4 is 5.97 Å². The van der Waals surface area contributed by atoms with Gasteiger partial charge in [-0.25, -0.2) is 9.48 Å². The lowest BCUT2D eigenvalue weighted by Gasteiger charge is -2.04. The number of para-hydroxylation sites is 1. The van der Waals surface area contributed by atoms with E-state index in [0.29, 0.717) is 5.56 Å². The van der Waals surface area contributed by atoms with E-state index >= 15 is 0 Å². The number of furan rings is 1. The van der Waals surface area contributed by atoms with Gasteiger partial charge in [0.05, 0.1) is 11.9 Å². The van der Waals surface area contributed by atoms with E-state index in [-0.39, 0.29) is 11.5 Å². The molecule has 0 amide bonds. The highest BCUT2D eigenvalue weighted by atomic mass is 16.4. The number of benzene rings is 1. The summed E-state index contributed by atoms with van der Waals surface area (Å²) in [7, 11) is 0. The SMILES string of the molecule is O=C(O)c1ccc(C(O)c2cnn(-c3ccccc3)c2)o1. The largest absolute Gasteiger partial charge is 0.475 e. The highest BCUT2D eigenvalue weighted by molar-refractivity contribution is 5.84. The van der Waals surface area contributed by atoms with Crippen LogP contribution in [0.3, 0.4) is 0 Å². The van der Waals surface area contributed by atoms with Crippen molar-refractivity contribution in [2.75, 3.05) is 0 Å². The minimum Gasteiger partial charge on any atom is -0.475 e. The Balaban J connectivity index is 1.87. The summed E-state index contributed by atoms with van der Waals surface area (Å²) in [6, 6.07) is 12.2. The average Bonchev–Trinajstić information content (AvgIpc) is 3.17. The fourth-order valence-electron chi connectivity index (χ4n) is 1.98. The Bertz CT molecular complexity index is 761. The van der Waals surface area contributed by atoms with Crippen molar-refractivity contribution in [1.29, 1.82) is 0 Å². The molecule has 21 heavy (non-hydrogen) atoms. The standard InChI is InChI=1S/C15H12N2O4/c18-14(12-6-7-13(21-12)15(19)20)10-8-16-17(9-10)11-4-2-1-3-5-11/h1-9,14,18H,(H,19,20). The van der Waals surface area contributed by atoms with Gasteiger partial charge in [0, 0.05) is 11.8 Å². The molecule has 3 aromatic rings. The molecule has 1 unspecified atom stereocenters. The number of hydrogen-bond donors (Lipinski definition) is 2. The molecule has 0 spiro atoms. The first-order valence-corrected chi connectivity index (χ1v) is 6.26. The van der Waals surface area contributed by atoms with Gasteiger partial charge in [0.1, 0.15) is 11.9 Å². The molecule has 2 N–H and O–H groups in total. The molecule has 0 aliphatic carbocycles. The van der Waals surface area contributed by atoms with Gasteiger partial charge in [-0.2, -0.15) is 5.10 Å². The highest BCUT2D eigenvalue weighted by Gasteiger charge is 2.19. The molecule has 1 aromatic carbocycles. The van der Waals surface area contributed by atoms with E-state index in [1.54, 1.807) is 10.9 Å². The molecule has 1 atom stereocenters. The van der Waals surface area contributed by atoms with Crippen molar-refractivity contribution in [1.82, 2.24) is 9.78 Å². The molecule has 3 rings (SSSR count). The minimum absolute atomic E-state index is 0.167. The third-order valence-corrected chi connectivity index (χ3v) is 3.05. The zero-order chi connectivity index (χ0) is 14.8. The number of aromatic carboxylic acids is 1. The zero-order valence-electron chi connectivity index (χ0n) is 10.9. The number of carboxylic acids is 1. The Morgan fingerprint density at radius 1 is 1.19 bits per heavy atom. The molecule has 0 saturated carbocycles. The number of carbonyl (C=O) groups is 1. The van der Waals surface area contributed by atoms with Gasteiger partial charge >= 0.3 is 5.97 Å². The summed E-state index contributed by atoms with van der Waals surface area (Å²) in [5, 5.41) is 23.2. The maximum absolute atomic E-state index is 10.8. The summed E-state index contributed by atoms with van der Waals surface area (Å²) in [6.45, 7) is 0. The maximum Gasteiger partial charge on any atom is 0.371 e. The predicted molar refractivity (Wildman–Crippen MR) is 73.3 cm³/mol. The molecule has 0 radical (unpaired) electrons. The molecular formula is C15H12N2O4. The quantitative estimate of drug-likeness (QED) is 0.767. The predicted octanol–water partition coefficient (Wildman–Crippen LogP) is 2.25. The lowest BCUT2D eigenvalue weighted by molar-refractivity contribution is 0.0655. The number of rotatable bonds is 4. The van der Waals surface area contributed by atoms with Gasteiger partial charge in [-0.3, -0.25) is 0 Å². The van der Waals surface area contributed by atoms with E-state index in [4.69, 9.17) is 9.52 Å². The summed E-state index contributed by atoms with van der Waals surface area (Å²) in [4.78, 5) is 10.8. The van der Waals surface area contributed by atoms with Crippen molar-refractivity contribution in [3.05, 3.63) is 71.9 Å². The van der Waals surface area contributed by atoms with Gasteiger partial charge in [0.15, 0.2) is 0 Å². The smallest absolute Gasteiger partial charge is 0.371 e. The second-order valence-electron chi connectivity index (χ2n) is 4.46. The number of carboxylic acid groups (broad SMARTS) is 1. The monoisotopic (exact) mass is 284 g/mol. The van der Waals surface area contributed by atoms with Crippen LogP contribution in [0.15, 0.2) is 59.3 Å². The van der Waals surface area contributed by atoms with E-state index in [2.05, 4.69) is 5.10 Å². The van der Waals surface area contributed by atoms with Crippen molar-refractivity contribution < 1.29 is 19.4 Å². The van der Waals surface area contributed by atoms with Crippen LogP contribution >= 0.6 is 0 Å². The molecule has 6 nitrogen and oxygen atoms in total. The topological polar surface area (TPSA) is 88.5 Å². The van der Waals surface area contributed by atoms with Crippen LogP contribution in [0.5, 0.6) is 0 Å². The van der Waals surface area contributed by atoms with Crippen LogP contribution in [0.25, 0.3) is 5.69 Å². The Hall–Kier alpha value is -2.86. The lowest BCUT2D eigenvalue weighted by Crippen LogP contribution is -1.98. The van der Waals surface area contributed by atoms with Crippen molar-refractivity contribution in [3.63, 3.8) is 0 Å². The Morgan fingerprint density at radius 2 is 1.95 bits per heavy atom. The van der Waals surface area contributed by atoms with E-state index < -0.39 is 12.1 Å². The molecule has 0 bridgehead atoms. The first kappa shape index (κ1) is 13.1. The van der Waals surface area contributed by atoms with Crippen LogP contribution in [0.1, 0.15) is 28.0 Å². The van der Waals surface area contributed by atoms with Crippen LogP contribution in [-0.4, -0.2) is 26.0 Å². The number of aromatic nitrogens is 2. The maximum atomic E-state index is 10.8. The zero-order valence-corrected chi connectivity index (χ0v) is 10.9. The fraction of sp³-hybridized carbons (Fsp3) is 0.0667. The van der Waals surface area contributed by atoms with Gasteiger partial charge < -0.3 is 14.6 Å². The van der Waals surface area contributed by atoms with Crippen LogP contribution in [-0.2, 0) is 0 Å². The molecule has 0 saturated heterocycles. The van der Waals surface area contributed by atoms with Gasteiger partial charge in [-0.05, 0) is 24.3 Å². The van der Waals surface area contributed by atoms with Crippen LogP contribution < -0.4 is 0 Å². The highest BCUT2D eigenvalue weighted by Crippen LogP contribution is 2.24. The van der Waals surface area contributed by atoms with Crippen LogP contribution in [0.4, 0.5) is 0 Å². The summed E-state index contributed by atoms with van der Waals surface area (Å²) >= 11 is 0. The van der Waals surface area contributed by atoms with Gasteiger partial charge in [0.2, 0.25) is 5.76 Å². The van der Waals surface area contributed by atoms with Crippen LogP contribution in [0.2, 0.25) is 0 Å². The van der Waals surface area contributed by atoms with Gasteiger partial charge in [-0.15, -0.1) is 0 Å². The molecule has 0 fully saturated rings.